The van der Waals surface area contributed by atoms with Crippen molar-refractivity contribution < 1.29 is 9.59 Å². The number of aryl methyl sites for hydroxylation is 1. The van der Waals surface area contributed by atoms with E-state index in [9.17, 15) is 9.59 Å². The molecule has 0 aliphatic heterocycles. The van der Waals surface area contributed by atoms with Crippen LogP contribution in [0.25, 0.3) is 0 Å². The normalized spacial score (nSPS) is 19.3. The largest absolute Gasteiger partial charge is 0.352 e. The Hall–Kier alpha value is -2.40. The van der Waals surface area contributed by atoms with E-state index in [-0.39, 0.29) is 23.7 Å². The summed E-state index contributed by atoms with van der Waals surface area (Å²) < 4.78 is 0. The first-order valence-electron chi connectivity index (χ1n) is 9.26. The second kappa shape index (κ2) is 9.00. The van der Waals surface area contributed by atoms with Gasteiger partial charge in [-0.1, -0.05) is 23.7 Å². The molecule has 1 aromatic heterocycles. The fraction of sp³-hybridized carbons (Fsp3) is 0.381. The summed E-state index contributed by atoms with van der Waals surface area (Å²) in [7, 11) is 0. The minimum Gasteiger partial charge on any atom is -0.352 e. The van der Waals surface area contributed by atoms with Crippen LogP contribution in [0, 0.1) is 18.8 Å². The molecule has 2 aromatic rings. The number of amides is 2. The van der Waals surface area contributed by atoms with Crippen LogP contribution in [0.15, 0.2) is 42.7 Å². The van der Waals surface area contributed by atoms with Crippen molar-refractivity contribution in [2.45, 2.75) is 39.2 Å². The Morgan fingerprint density at radius 1 is 1.11 bits per heavy atom. The summed E-state index contributed by atoms with van der Waals surface area (Å²) in [5, 5.41) is 6.55. The maximum Gasteiger partial charge on any atom is 0.227 e. The number of carbonyl (C=O) groups excluding carboxylic acids is 2. The quantitative estimate of drug-likeness (QED) is 0.813. The first-order chi connectivity index (χ1) is 13.0. The van der Waals surface area contributed by atoms with Gasteiger partial charge in [0, 0.05) is 41.5 Å². The standard InChI is InChI=1S/C21H24ClN3O2/c1-14-4-9-18(22)11-19(14)25-21(27)17-7-5-16(6-8-17)20(26)24-13-15-3-2-10-23-12-15/h2-4,9-12,16-17H,5-8,13H2,1H3,(H,24,26)(H,25,27). The van der Waals surface area contributed by atoms with E-state index in [4.69, 9.17) is 11.6 Å². The van der Waals surface area contributed by atoms with Gasteiger partial charge in [-0.2, -0.15) is 0 Å². The maximum absolute atomic E-state index is 12.6. The molecule has 1 heterocycles. The number of benzene rings is 1. The molecular weight excluding hydrogens is 362 g/mol. The Kier molecular flexibility index (Phi) is 6.45. The minimum absolute atomic E-state index is 0.00887. The molecule has 0 saturated heterocycles. The van der Waals surface area contributed by atoms with Crippen molar-refractivity contribution >= 4 is 29.1 Å². The van der Waals surface area contributed by atoms with E-state index in [0.29, 0.717) is 11.6 Å². The van der Waals surface area contributed by atoms with Crippen LogP contribution in [-0.4, -0.2) is 16.8 Å². The van der Waals surface area contributed by atoms with Gasteiger partial charge in [-0.25, -0.2) is 0 Å². The first-order valence-corrected chi connectivity index (χ1v) is 9.64. The lowest BCUT2D eigenvalue weighted by atomic mass is 9.81. The van der Waals surface area contributed by atoms with Crippen molar-refractivity contribution in [3.8, 4) is 0 Å². The highest BCUT2D eigenvalue weighted by atomic mass is 35.5. The van der Waals surface area contributed by atoms with Crippen molar-refractivity contribution in [2.24, 2.45) is 11.8 Å². The van der Waals surface area contributed by atoms with Crippen LogP contribution in [0.4, 0.5) is 5.69 Å². The molecule has 0 radical (unpaired) electrons. The fourth-order valence-corrected chi connectivity index (χ4v) is 3.59. The maximum atomic E-state index is 12.6. The van der Waals surface area contributed by atoms with E-state index in [1.165, 1.54) is 0 Å². The molecule has 2 N–H and O–H groups in total. The summed E-state index contributed by atoms with van der Waals surface area (Å²) in [6.07, 6.45) is 6.35. The van der Waals surface area contributed by atoms with Gasteiger partial charge in [0.05, 0.1) is 0 Å². The van der Waals surface area contributed by atoms with Crippen molar-refractivity contribution in [2.75, 3.05) is 5.32 Å². The predicted octanol–water partition coefficient (Wildman–Crippen LogP) is 4.10. The molecular formula is C21H24ClN3O2. The average Bonchev–Trinajstić information content (AvgIpc) is 2.70. The molecule has 1 saturated carbocycles. The number of nitrogens with one attached hydrogen (secondary N) is 2. The zero-order valence-electron chi connectivity index (χ0n) is 15.4. The number of anilines is 1. The minimum atomic E-state index is -0.0641. The molecule has 5 nitrogen and oxygen atoms in total. The van der Waals surface area contributed by atoms with Gasteiger partial charge in [0.25, 0.3) is 0 Å². The SMILES string of the molecule is Cc1ccc(Cl)cc1NC(=O)C1CCC(C(=O)NCc2cccnc2)CC1. The van der Waals surface area contributed by atoms with Crippen LogP contribution in [0.5, 0.6) is 0 Å². The highest BCUT2D eigenvalue weighted by molar-refractivity contribution is 6.31. The highest BCUT2D eigenvalue weighted by Gasteiger charge is 2.30. The number of aromatic nitrogens is 1. The van der Waals surface area contributed by atoms with Gasteiger partial charge in [-0.15, -0.1) is 0 Å². The lowest BCUT2D eigenvalue weighted by Gasteiger charge is -2.27. The molecule has 1 aromatic carbocycles. The fourth-order valence-electron chi connectivity index (χ4n) is 3.42. The lowest BCUT2D eigenvalue weighted by Crippen LogP contribution is -2.35. The smallest absolute Gasteiger partial charge is 0.227 e. The van der Waals surface area contributed by atoms with Crippen LogP contribution < -0.4 is 10.6 Å². The number of halogens is 1. The molecule has 1 aliphatic rings. The third-order valence-electron chi connectivity index (χ3n) is 5.12. The molecule has 3 rings (SSSR count). The molecule has 6 heteroatoms. The number of hydrogen-bond donors (Lipinski definition) is 2. The van der Waals surface area contributed by atoms with Crippen LogP contribution in [0.2, 0.25) is 5.02 Å². The van der Waals surface area contributed by atoms with Gasteiger partial charge < -0.3 is 10.6 Å². The van der Waals surface area contributed by atoms with Gasteiger partial charge in [-0.05, 0) is 61.9 Å². The molecule has 0 spiro atoms. The third kappa shape index (κ3) is 5.30. The number of carbonyl (C=O) groups is 2. The van der Waals surface area contributed by atoms with Crippen molar-refractivity contribution in [3.05, 3.63) is 58.9 Å². The summed E-state index contributed by atoms with van der Waals surface area (Å²) in [6, 6.07) is 9.26. The topological polar surface area (TPSA) is 71.1 Å². The van der Waals surface area contributed by atoms with Gasteiger partial charge in [0.1, 0.15) is 0 Å². The van der Waals surface area contributed by atoms with E-state index < -0.39 is 0 Å². The highest BCUT2D eigenvalue weighted by Crippen LogP contribution is 2.30. The molecule has 142 valence electrons. The number of nitrogens with zero attached hydrogens (tertiary/aromatic N) is 1. The first kappa shape index (κ1) is 19.4. The van der Waals surface area contributed by atoms with Crippen LogP contribution in [0.3, 0.4) is 0 Å². The molecule has 1 fully saturated rings. The summed E-state index contributed by atoms with van der Waals surface area (Å²) in [5.41, 5.74) is 2.72. The molecule has 27 heavy (non-hydrogen) atoms. The number of pyridine rings is 1. The Balaban J connectivity index is 1.47. The monoisotopic (exact) mass is 385 g/mol. The van der Waals surface area contributed by atoms with Crippen LogP contribution in [-0.2, 0) is 16.1 Å². The molecule has 0 atom stereocenters. The molecule has 0 unspecified atom stereocenters. The second-order valence-corrected chi connectivity index (χ2v) is 7.51. The second-order valence-electron chi connectivity index (χ2n) is 7.08. The van der Waals surface area contributed by atoms with Crippen LogP contribution >= 0.6 is 11.6 Å². The van der Waals surface area contributed by atoms with Gasteiger partial charge >= 0.3 is 0 Å². The summed E-state index contributed by atoms with van der Waals surface area (Å²) in [4.78, 5) is 29.0. The van der Waals surface area contributed by atoms with Crippen molar-refractivity contribution in [1.29, 1.82) is 0 Å². The Morgan fingerprint density at radius 2 is 1.81 bits per heavy atom. The Bertz CT molecular complexity index is 802. The summed E-state index contributed by atoms with van der Waals surface area (Å²) in [5.74, 6) is -0.0256. The van der Waals surface area contributed by atoms with Gasteiger partial charge in [-0.3, -0.25) is 14.6 Å². The average molecular weight is 386 g/mol. The van der Waals surface area contributed by atoms with Crippen molar-refractivity contribution in [1.82, 2.24) is 10.3 Å². The van der Waals surface area contributed by atoms with Gasteiger partial charge in [0.2, 0.25) is 11.8 Å². The zero-order chi connectivity index (χ0) is 19.2. The van der Waals surface area contributed by atoms with E-state index in [1.54, 1.807) is 18.5 Å². The molecule has 1 aliphatic carbocycles. The predicted molar refractivity (Wildman–Crippen MR) is 106 cm³/mol. The van der Waals surface area contributed by atoms with E-state index in [1.807, 2.05) is 31.2 Å². The summed E-state index contributed by atoms with van der Waals surface area (Å²) >= 11 is 6.01. The summed E-state index contributed by atoms with van der Waals surface area (Å²) in [6.45, 7) is 2.43. The zero-order valence-corrected chi connectivity index (χ0v) is 16.1. The van der Waals surface area contributed by atoms with Crippen LogP contribution in [0.1, 0.15) is 36.8 Å². The lowest BCUT2D eigenvalue weighted by molar-refractivity contribution is -0.128. The van der Waals surface area contributed by atoms with Gasteiger partial charge in [0.15, 0.2) is 0 Å². The third-order valence-corrected chi connectivity index (χ3v) is 5.35. The van der Waals surface area contributed by atoms with E-state index >= 15 is 0 Å². The molecule has 0 bridgehead atoms. The number of rotatable bonds is 5. The molecule has 2 amide bonds. The number of hydrogen-bond acceptors (Lipinski definition) is 3. The van der Waals surface area contributed by atoms with E-state index in [2.05, 4.69) is 15.6 Å². The Morgan fingerprint density at radius 3 is 2.48 bits per heavy atom. The van der Waals surface area contributed by atoms with Crippen molar-refractivity contribution in [3.63, 3.8) is 0 Å². The van der Waals surface area contributed by atoms with E-state index in [0.717, 1.165) is 42.5 Å². The Labute approximate surface area is 164 Å².